The molecule has 0 bridgehead atoms. The first kappa shape index (κ1) is 24.3. The van der Waals surface area contributed by atoms with Gasteiger partial charge in [0.05, 0.1) is 0 Å². The first-order chi connectivity index (χ1) is 14.0. The Bertz CT molecular complexity index is 628. The smallest absolute Gasteiger partial charge is 0.413 e. The van der Waals surface area contributed by atoms with Crippen molar-refractivity contribution in [2.24, 2.45) is 17.2 Å². The third-order valence-corrected chi connectivity index (χ3v) is 3.82. The Hall–Kier alpha value is -2.69. The molecule has 0 radical (unpaired) electrons. The average Bonchev–Trinajstić information content (AvgIpc) is 2.72. The molecule has 0 aliphatic rings. The predicted molar refractivity (Wildman–Crippen MR) is 106 cm³/mol. The summed E-state index contributed by atoms with van der Waals surface area (Å²) in [4.78, 5) is 35.9. The topological polar surface area (TPSA) is 169 Å². The number of carbonyl (C=O) groups excluding carboxylic acids is 3. The van der Waals surface area contributed by atoms with Crippen molar-refractivity contribution in [2.75, 3.05) is 26.3 Å². The summed E-state index contributed by atoms with van der Waals surface area (Å²) in [6.07, 6.45) is 1.02. The van der Waals surface area contributed by atoms with Crippen LogP contribution in [0, 0.1) is 0 Å². The highest BCUT2D eigenvalue weighted by Gasteiger charge is 2.23. The van der Waals surface area contributed by atoms with E-state index in [-0.39, 0.29) is 19.6 Å². The maximum absolute atomic E-state index is 12.2. The SMILES string of the molecule is NCCCC(N)C(=O)OCCOC(=O)C(CCCN)NC(=O)Oc1ccccc1. The molecule has 1 rings (SSSR count). The van der Waals surface area contributed by atoms with Crippen LogP contribution in [-0.4, -0.2) is 56.4 Å². The number of rotatable bonds is 13. The van der Waals surface area contributed by atoms with E-state index in [1.165, 1.54) is 0 Å². The van der Waals surface area contributed by atoms with Gasteiger partial charge in [0.25, 0.3) is 0 Å². The number of nitrogens with two attached hydrogens (primary N) is 3. The molecule has 10 nitrogen and oxygen atoms in total. The van der Waals surface area contributed by atoms with E-state index in [0.29, 0.717) is 38.1 Å². The number of amides is 1. The fraction of sp³-hybridized carbons (Fsp3) is 0.526. The van der Waals surface area contributed by atoms with E-state index in [1.807, 2.05) is 0 Å². The van der Waals surface area contributed by atoms with Crippen LogP contribution in [0.2, 0.25) is 0 Å². The van der Waals surface area contributed by atoms with Crippen LogP contribution in [0.25, 0.3) is 0 Å². The number of ether oxygens (including phenoxy) is 3. The van der Waals surface area contributed by atoms with E-state index in [0.717, 1.165) is 0 Å². The molecule has 162 valence electrons. The van der Waals surface area contributed by atoms with Crippen LogP contribution in [0.1, 0.15) is 25.7 Å². The second-order valence-corrected chi connectivity index (χ2v) is 6.20. The van der Waals surface area contributed by atoms with E-state index in [4.69, 9.17) is 31.4 Å². The Kier molecular flexibility index (Phi) is 12.0. The molecule has 0 aromatic heterocycles. The van der Waals surface area contributed by atoms with Crippen molar-refractivity contribution < 1.29 is 28.6 Å². The molecule has 0 saturated carbocycles. The fourth-order valence-corrected chi connectivity index (χ4v) is 2.29. The van der Waals surface area contributed by atoms with E-state index in [2.05, 4.69) is 5.32 Å². The first-order valence-electron chi connectivity index (χ1n) is 9.50. The number of esters is 2. The Morgan fingerprint density at radius 1 is 0.897 bits per heavy atom. The van der Waals surface area contributed by atoms with Gasteiger partial charge in [-0.05, 0) is 50.9 Å². The molecular weight excluding hydrogens is 380 g/mol. The van der Waals surface area contributed by atoms with E-state index in [9.17, 15) is 14.4 Å². The summed E-state index contributed by atoms with van der Waals surface area (Å²) in [5, 5.41) is 2.46. The molecule has 1 amide bonds. The summed E-state index contributed by atoms with van der Waals surface area (Å²) < 4.78 is 15.1. The van der Waals surface area contributed by atoms with Crippen molar-refractivity contribution in [3.63, 3.8) is 0 Å². The molecule has 0 spiro atoms. The fourth-order valence-electron chi connectivity index (χ4n) is 2.29. The highest BCUT2D eigenvalue weighted by Crippen LogP contribution is 2.09. The van der Waals surface area contributed by atoms with Gasteiger partial charge in [-0.15, -0.1) is 0 Å². The minimum atomic E-state index is -0.933. The van der Waals surface area contributed by atoms with E-state index < -0.39 is 30.1 Å². The standard InChI is InChI=1S/C19H30N4O6/c20-10-4-8-15(22)17(24)27-12-13-28-18(25)16(9-5-11-21)23-19(26)29-14-6-2-1-3-7-14/h1-3,6-7,15-16H,4-5,8-13,20-22H2,(H,23,26). The van der Waals surface area contributed by atoms with Crippen LogP contribution in [0.4, 0.5) is 4.79 Å². The molecular formula is C19H30N4O6. The summed E-state index contributed by atoms with van der Waals surface area (Å²) in [6.45, 7) is 0.474. The number of benzene rings is 1. The predicted octanol–water partition coefficient (Wildman–Crippen LogP) is 0.0351. The molecule has 0 saturated heterocycles. The van der Waals surface area contributed by atoms with Crippen molar-refractivity contribution in [3.8, 4) is 5.75 Å². The van der Waals surface area contributed by atoms with Gasteiger partial charge in [-0.25, -0.2) is 9.59 Å². The van der Waals surface area contributed by atoms with Gasteiger partial charge in [-0.1, -0.05) is 18.2 Å². The third-order valence-electron chi connectivity index (χ3n) is 3.82. The largest absolute Gasteiger partial charge is 0.461 e. The van der Waals surface area contributed by atoms with Crippen LogP contribution >= 0.6 is 0 Å². The average molecular weight is 410 g/mol. The zero-order chi connectivity index (χ0) is 21.5. The van der Waals surface area contributed by atoms with Crippen LogP contribution in [0.15, 0.2) is 30.3 Å². The number of carbonyl (C=O) groups is 3. The molecule has 2 atom stereocenters. The lowest BCUT2D eigenvalue weighted by Crippen LogP contribution is -2.43. The monoisotopic (exact) mass is 410 g/mol. The highest BCUT2D eigenvalue weighted by molar-refractivity contribution is 5.82. The normalized spacial score (nSPS) is 12.5. The van der Waals surface area contributed by atoms with E-state index in [1.54, 1.807) is 30.3 Å². The lowest BCUT2D eigenvalue weighted by atomic mass is 10.1. The number of hydrogen-bond donors (Lipinski definition) is 4. The summed E-state index contributed by atoms with van der Waals surface area (Å²) in [7, 11) is 0. The molecule has 0 fully saturated rings. The number of hydrogen-bond acceptors (Lipinski definition) is 9. The molecule has 0 aliphatic carbocycles. The van der Waals surface area contributed by atoms with Gasteiger partial charge < -0.3 is 36.7 Å². The summed E-state index contributed by atoms with van der Waals surface area (Å²) in [6, 6.07) is 6.74. The molecule has 1 aromatic rings. The molecule has 7 N–H and O–H groups in total. The number of para-hydroxylation sites is 1. The lowest BCUT2D eigenvalue weighted by Gasteiger charge is -2.17. The maximum atomic E-state index is 12.2. The Morgan fingerprint density at radius 3 is 2.10 bits per heavy atom. The van der Waals surface area contributed by atoms with Crippen LogP contribution in [0.5, 0.6) is 5.75 Å². The molecule has 0 heterocycles. The van der Waals surface area contributed by atoms with Crippen molar-refractivity contribution in [3.05, 3.63) is 30.3 Å². The van der Waals surface area contributed by atoms with Gasteiger partial charge in [0.2, 0.25) is 0 Å². The Labute approximate surface area is 170 Å². The molecule has 1 aromatic carbocycles. The van der Waals surface area contributed by atoms with Gasteiger partial charge in [-0.3, -0.25) is 4.79 Å². The zero-order valence-corrected chi connectivity index (χ0v) is 16.4. The second kappa shape index (κ2) is 14.3. The zero-order valence-electron chi connectivity index (χ0n) is 16.4. The second-order valence-electron chi connectivity index (χ2n) is 6.20. The minimum Gasteiger partial charge on any atom is -0.461 e. The third kappa shape index (κ3) is 10.4. The Morgan fingerprint density at radius 2 is 1.48 bits per heavy atom. The molecule has 0 aliphatic heterocycles. The van der Waals surface area contributed by atoms with Crippen molar-refractivity contribution >= 4 is 18.0 Å². The van der Waals surface area contributed by atoms with Gasteiger partial charge in [0.1, 0.15) is 31.0 Å². The molecule has 29 heavy (non-hydrogen) atoms. The van der Waals surface area contributed by atoms with Gasteiger partial charge in [-0.2, -0.15) is 0 Å². The van der Waals surface area contributed by atoms with Gasteiger partial charge in [0, 0.05) is 0 Å². The summed E-state index contributed by atoms with van der Waals surface area (Å²) in [5.74, 6) is -0.917. The van der Waals surface area contributed by atoms with Crippen molar-refractivity contribution in [2.45, 2.75) is 37.8 Å². The Balaban J connectivity index is 2.42. The number of nitrogens with one attached hydrogen (secondary N) is 1. The van der Waals surface area contributed by atoms with Crippen molar-refractivity contribution in [1.29, 1.82) is 0 Å². The van der Waals surface area contributed by atoms with Gasteiger partial charge in [0.15, 0.2) is 0 Å². The highest BCUT2D eigenvalue weighted by atomic mass is 16.6. The minimum absolute atomic E-state index is 0.140. The maximum Gasteiger partial charge on any atom is 0.413 e. The van der Waals surface area contributed by atoms with Crippen LogP contribution in [-0.2, 0) is 19.1 Å². The van der Waals surface area contributed by atoms with Crippen LogP contribution in [0.3, 0.4) is 0 Å². The van der Waals surface area contributed by atoms with Gasteiger partial charge >= 0.3 is 18.0 Å². The molecule has 10 heteroatoms. The molecule has 2 unspecified atom stereocenters. The summed E-state index contributed by atoms with van der Waals surface area (Å²) in [5.41, 5.74) is 16.5. The van der Waals surface area contributed by atoms with Crippen LogP contribution < -0.4 is 27.3 Å². The summed E-state index contributed by atoms with van der Waals surface area (Å²) >= 11 is 0. The van der Waals surface area contributed by atoms with E-state index >= 15 is 0 Å². The first-order valence-corrected chi connectivity index (χ1v) is 9.50. The lowest BCUT2D eigenvalue weighted by molar-refractivity contribution is -0.154. The van der Waals surface area contributed by atoms with Crippen molar-refractivity contribution in [1.82, 2.24) is 5.32 Å². The quantitative estimate of drug-likeness (QED) is 0.259.